The molecule has 3 rings (SSSR count). The minimum absolute atomic E-state index is 0.0683. The Balaban J connectivity index is 1.67. The molecule has 3 atom stereocenters. The quantitative estimate of drug-likeness (QED) is 0.828. The summed E-state index contributed by atoms with van der Waals surface area (Å²) in [6, 6.07) is 13.8. The van der Waals surface area contributed by atoms with Crippen molar-refractivity contribution in [3.8, 4) is 0 Å². The molecule has 1 aliphatic heterocycles. The van der Waals surface area contributed by atoms with Crippen molar-refractivity contribution in [2.45, 2.75) is 32.0 Å². The highest BCUT2D eigenvalue weighted by Crippen LogP contribution is 2.23. The molecule has 0 radical (unpaired) electrons. The summed E-state index contributed by atoms with van der Waals surface area (Å²) >= 11 is 0. The van der Waals surface area contributed by atoms with Crippen LogP contribution in [0.5, 0.6) is 0 Å². The van der Waals surface area contributed by atoms with Gasteiger partial charge in [0.05, 0.1) is 0 Å². The van der Waals surface area contributed by atoms with Gasteiger partial charge >= 0.3 is 0 Å². The molecule has 2 N–H and O–H groups in total. The molecule has 140 valence electrons. The number of rotatable bonds is 6. The van der Waals surface area contributed by atoms with Gasteiger partial charge < -0.3 is 10.4 Å². The van der Waals surface area contributed by atoms with Crippen molar-refractivity contribution in [1.82, 2.24) is 10.2 Å². The minimum atomic E-state index is -0.568. The number of benzene rings is 2. The van der Waals surface area contributed by atoms with Crippen LogP contribution in [-0.4, -0.2) is 35.7 Å². The molecule has 1 fully saturated rings. The first-order chi connectivity index (χ1) is 12.5. The van der Waals surface area contributed by atoms with Crippen LogP contribution in [0.2, 0.25) is 0 Å². The van der Waals surface area contributed by atoms with Gasteiger partial charge in [-0.05, 0) is 49.1 Å². The standard InChI is InChI=1S/C21H26F2N2O/c1-15(18-9-19(22)11-20(23)10-18)24-21-13-25(8-7-17(21)14-26)12-16-5-3-2-4-6-16/h2-6,9-11,15,17,21,24,26H,7-8,12-14H2,1H3/t15-,17-,21+/m0/s1. The summed E-state index contributed by atoms with van der Waals surface area (Å²) in [4.78, 5) is 2.36. The van der Waals surface area contributed by atoms with Gasteiger partial charge in [-0.15, -0.1) is 0 Å². The average Bonchev–Trinajstić information content (AvgIpc) is 2.62. The zero-order chi connectivity index (χ0) is 18.5. The predicted molar refractivity (Wildman–Crippen MR) is 98.6 cm³/mol. The fourth-order valence-electron chi connectivity index (χ4n) is 3.70. The van der Waals surface area contributed by atoms with Crippen LogP contribution < -0.4 is 5.32 Å². The SMILES string of the molecule is C[C@H](N[C@@H]1CN(Cc2ccccc2)CC[C@H]1CO)c1cc(F)cc(F)c1. The molecule has 26 heavy (non-hydrogen) atoms. The van der Waals surface area contributed by atoms with Crippen LogP contribution in [0, 0.1) is 17.6 Å². The summed E-state index contributed by atoms with van der Waals surface area (Å²) in [5.74, 6) is -0.994. The molecule has 2 aromatic carbocycles. The monoisotopic (exact) mass is 360 g/mol. The van der Waals surface area contributed by atoms with Crippen molar-refractivity contribution in [3.05, 3.63) is 71.3 Å². The molecule has 0 saturated carbocycles. The lowest BCUT2D eigenvalue weighted by molar-refractivity contribution is 0.0866. The third-order valence-electron chi connectivity index (χ3n) is 5.17. The van der Waals surface area contributed by atoms with Crippen molar-refractivity contribution < 1.29 is 13.9 Å². The van der Waals surface area contributed by atoms with Crippen molar-refractivity contribution in [2.24, 2.45) is 5.92 Å². The van der Waals surface area contributed by atoms with E-state index in [0.717, 1.165) is 32.1 Å². The van der Waals surface area contributed by atoms with E-state index in [1.54, 1.807) is 0 Å². The van der Waals surface area contributed by atoms with E-state index in [4.69, 9.17) is 0 Å². The number of halogens is 2. The van der Waals surface area contributed by atoms with Crippen LogP contribution in [0.4, 0.5) is 8.78 Å². The molecule has 0 bridgehead atoms. The van der Waals surface area contributed by atoms with Crippen molar-refractivity contribution in [1.29, 1.82) is 0 Å². The number of nitrogens with one attached hydrogen (secondary N) is 1. The van der Waals surface area contributed by atoms with Crippen LogP contribution in [0.1, 0.15) is 30.5 Å². The molecule has 3 nitrogen and oxygen atoms in total. The molecular weight excluding hydrogens is 334 g/mol. The average molecular weight is 360 g/mol. The number of aliphatic hydroxyl groups excluding tert-OH is 1. The predicted octanol–water partition coefficient (Wildman–Crippen LogP) is 3.50. The second-order valence-electron chi connectivity index (χ2n) is 7.15. The van der Waals surface area contributed by atoms with E-state index in [2.05, 4.69) is 22.3 Å². The highest BCUT2D eigenvalue weighted by Gasteiger charge is 2.30. The third kappa shape index (κ3) is 4.87. The number of hydrogen-bond acceptors (Lipinski definition) is 3. The molecule has 1 aliphatic rings. The first-order valence-corrected chi connectivity index (χ1v) is 9.14. The lowest BCUT2D eigenvalue weighted by Gasteiger charge is -2.39. The molecule has 1 saturated heterocycles. The van der Waals surface area contributed by atoms with Crippen molar-refractivity contribution in [3.63, 3.8) is 0 Å². The Kier molecular flexibility index (Phi) is 6.35. The van der Waals surface area contributed by atoms with Crippen LogP contribution in [-0.2, 0) is 6.54 Å². The van der Waals surface area contributed by atoms with Gasteiger partial charge in [0, 0.05) is 37.8 Å². The van der Waals surface area contributed by atoms with Crippen LogP contribution >= 0.6 is 0 Å². The minimum Gasteiger partial charge on any atom is -0.396 e. The number of aliphatic hydroxyl groups is 1. The molecule has 1 heterocycles. The van der Waals surface area contributed by atoms with E-state index in [-0.39, 0.29) is 24.6 Å². The van der Waals surface area contributed by atoms with Gasteiger partial charge in [0.25, 0.3) is 0 Å². The Morgan fingerprint density at radius 3 is 2.50 bits per heavy atom. The topological polar surface area (TPSA) is 35.5 Å². The maximum Gasteiger partial charge on any atom is 0.126 e. The van der Waals surface area contributed by atoms with Crippen molar-refractivity contribution in [2.75, 3.05) is 19.7 Å². The molecule has 0 amide bonds. The fourth-order valence-corrected chi connectivity index (χ4v) is 3.70. The molecule has 5 heteroatoms. The van der Waals surface area contributed by atoms with Gasteiger partial charge in [0.2, 0.25) is 0 Å². The van der Waals surface area contributed by atoms with Crippen LogP contribution in [0.25, 0.3) is 0 Å². The largest absolute Gasteiger partial charge is 0.396 e. The number of likely N-dealkylation sites (tertiary alicyclic amines) is 1. The van der Waals surface area contributed by atoms with Crippen LogP contribution in [0.15, 0.2) is 48.5 Å². The molecular formula is C21H26F2N2O. The Hall–Kier alpha value is -1.82. The lowest BCUT2D eigenvalue weighted by Crippen LogP contribution is -2.52. The van der Waals surface area contributed by atoms with E-state index >= 15 is 0 Å². The van der Waals surface area contributed by atoms with Gasteiger partial charge in [-0.2, -0.15) is 0 Å². The lowest BCUT2D eigenvalue weighted by atomic mass is 9.90. The van der Waals surface area contributed by atoms with E-state index in [0.29, 0.717) is 5.56 Å². The summed E-state index contributed by atoms with van der Waals surface area (Å²) in [5.41, 5.74) is 1.84. The van der Waals surface area contributed by atoms with Gasteiger partial charge in [-0.1, -0.05) is 30.3 Å². The number of piperidine rings is 1. The van der Waals surface area contributed by atoms with Crippen LogP contribution in [0.3, 0.4) is 0 Å². The third-order valence-corrected chi connectivity index (χ3v) is 5.17. The van der Waals surface area contributed by atoms with E-state index in [9.17, 15) is 13.9 Å². The van der Waals surface area contributed by atoms with E-state index in [1.807, 2.05) is 25.1 Å². The maximum atomic E-state index is 13.5. The summed E-state index contributed by atoms with van der Waals surface area (Å²) in [5, 5.41) is 13.2. The van der Waals surface area contributed by atoms with Gasteiger partial charge in [-0.25, -0.2) is 8.78 Å². The maximum absolute atomic E-state index is 13.5. The zero-order valence-corrected chi connectivity index (χ0v) is 15.0. The Morgan fingerprint density at radius 2 is 1.85 bits per heavy atom. The first-order valence-electron chi connectivity index (χ1n) is 9.14. The first kappa shape index (κ1) is 19.0. The molecule has 0 aromatic heterocycles. The van der Waals surface area contributed by atoms with Gasteiger partial charge in [0.1, 0.15) is 11.6 Å². The van der Waals surface area contributed by atoms with E-state index in [1.165, 1.54) is 17.7 Å². The van der Waals surface area contributed by atoms with E-state index < -0.39 is 11.6 Å². The molecule has 2 aromatic rings. The Morgan fingerprint density at radius 1 is 1.15 bits per heavy atom. The second-order valence-corrected chi connectivity index (χ2v) is 7.15. The molecule has 0 spiro atoms. The smallest absolute Gasteiger partial charge is 0.126 e. The Bertz CT molecular complexity index is 690. The molecule has 0 aliphatic carbocycles. The molecule has 0 unspecified atom stereocenters. The highest BCUT2D eigenvalue weighted by atomic mass is 19.1. The summed E-state index contributed by atoms with van der Waals surface area (Å²) < 4.78 is 27.0. The number of nitrogens with zero attached hydrogens (tertiary/aromatic N) is 1. The summed E-state index contributed by atoms with van der Waals surface area (Å²) in [6.07, 6.45) is 0.894. The van der Waals surface area contributed by atoms with Gasteiger partial charge in [-0.3, -0.25) is 4.90 Å². The normalized spacial score (nSPS) is 22.3. The summed E-state index contributed by atoms with van der Waals surface area (Å²) in [7, 11) is 0. The highest BCUT2D eigenvalue weighted by molar-refractivity contribution is 5.21. The van der Waals surface area contributed by atoms with Gasteiger partial charge in [0.15, 0.2) is 0 Å². The number of hydrogen-bond donors (Lipinski definition) is 2. The van der Waals surface area contributed by atoms with Crippen molar-refractivity contribution >= 4 is 0 Å². The summed E-state index contributed by atoms with van der Waals surface area (Å²) in [6.45, 7) is 4.60. The Labute approximate surface area is 153 Å². The zero-order valence-electron chi connectivity index (χ0n) is 15.0. The second kappa shape index (κ2) is 8.71. The fraction of sp³-hybridized carbons (Fsp3) is 0.429.